The molecule has 0 spiro atoms. The van der Waals surface area contributed by atoms with E-state index in [4.69, 9.17) is 10.4 Å². The molecule has 0 atom stereocenters. The molecule has 0 aromatic heterocycles. The number of carbonyl (C=O) groups excluding carboxylic acids is 1. The zero-order valence-corrected chi connectivity index (χ0v) is 6.20. The van der Waals surface area contributed by atoms with Gasteiger partial charge in [-0.05, 0) is 13.3 Å². The fourth-order valence-electron chi connectivity index (χ4n) is 0.486. The molecule has 0 aliphatic carbocycles. The lowest BCUT2D eigenvalue weighted by Gasteiger charge is -1.93. The van der Waals surface area contributed by atoms with E-state index in [9.17, 15) is 4.79 Å². The molecule has 0 radical (unpaired) electrons. The van der Waals surface area contributed by atoms with Gasteiger partial charge in [0.1, 0.15) is 0 Å². The van der Waals surface area contributed by atoms with Gasteiger partial charge in [0, 0.05) is 12.2 Å². The smallest absolute Gasteiger partial charge is 0.348 e. The van der Waals surface area contributed by atoms with Crippen LogP contribution in [0.5, 0.6) is 0 Å². The van der Waals surface area contributed by atoms with Crippen LogP contribution in [-0.4, -0.2) is 17.7 Å². The molecule has 0 aliphatic rings. The number of hydrogen-bond acceptors (Lipinski definition) is 4. The highest BCUT2D eigenvalue weighted by Gasteiger charge is 2.03. The largest absolute Gasteiger partial charge is 0.396 e. The SMILES string of the molecule is CC(=CCCO)C(=O)OC#N. The number of rotatable bonds is 3. The molecule has 0 amide bonds. The molecule has 0 aliphatic heterocycles. The first-order chi connectivity index (χ1) is 5.22. The van der Waals surface area contributed by atoms with E-state index in [2.05, 4.69) is 4.74 Å². The lowest BCUT2D eigenvalue weighted by Crippen LogP contribution is -2.01. The number of aliphatic hydroxyl groups is 1. The predicted molar refractivity (Wildman–Crippen MR) is 37.2 cm³/mol. The summed E-state index contributed by atoms with van der Waals surface area (Å²) in [7, 11) is 0. The van der Waals surface area contributed by atoms with E-state index < -0.39 is 5.97 Å². The Balaban J connectivity index is 3.92. The Hall–Kier alpha value is -1.34. The van der Waals surface area contributed by atoms with Crippen LogP contribution in [0.15, 0.2) is 11.6 Å². The molecule has 4 nitrogen and oxygen atoms in total. The quantitative estimate of drug-likeness (QED) is 0.362. The summed E-state index contributed by atoms with van der Waals surface area (Å²) in [6.07, 6.45) is 3.18. The molecule has 0 bridgehead atoms. The minimum absolute atomic E-state index is 0.0167. The zero-order chi connectivity index (χ0) is 8.69. The van der Waals surface area contributed by atoms with Gasteiger partial charge in [0.2, 0.25) is 0 Å². The monoisotopic (exact) mass is 155 g/mol. The molecule has 0 aromatic carbocycles. The Labute approximate surface area is 64.7 Å². The molecule has 0 aromatic rings. The van der Waals surface area contributed by atoms with E-state index in [0.29, 0.717) is 12.0 Å². The van der Waals surface area contributed by atoms with E-state index in [1.165, 1.54) is 19.3 Å². The Morgan fingerprint density at radius 1 is 1.82 bits per heavy atom. The third-order valence-electron chi connectivity index (χ3n) is 1.04. The molecule has 0 saturated carbocycles. The van der Waals surface area contributed by atoms with Crippen molar-refractivity contribution in [2.45, 2.75) is 13.3 Å². The Bertz CT molecular complexity index is 202. The highest BCUT2D eigenvalue weighted by molar-refractivity contribution is 5.88. The fourth-order valence-corrected chi connectivity index (χ4v) is 0.486. The van der Waals surface area contributed by atoms with Crippen LogP contribution < -0.4 is 0 Å². The first-order valence-corrected chi connectivity index (χ1v) is 3.10. The van der Waals surface area contributed by atoms with Gasteiger partial charge in [0.05, 0.1) is 0 Å². The lowest BCUT2D eigenvalue weighted by molar-refractivity contribution is -0.132. The Morgan fingerprint density at radius 2 is 2.45 bits per heavy atom. The Morgan fingerprint density at radius 3 is 2.91 bits per heavy atom. The van der Waals surface area contributed by atoms with E-state index in [1.807, 2.05) is 0 Å². The Kier molecular flexibility index (Phi) is 4.78. The van der Waals surface area contributed by atoms with Crippen LogP contribution in [0.1, 0.15) is 13.3 Å². The standard InChI is InChI=1S/C7H9NO3/c1-6(3-2-4-9)7(10)11-5-8/h3,9H,2,4H2,1H3. The summed E-state index contributed by atoms with van der Waals surface area (Å²) in [6.45, 7) is 1.51. The summed E-state index contributed by atoms with van der Waals surface area (Å²) in [5, 5.41) is 16.3. The average molecular weight is 155 g/mol. The van der Waals surface area contributed by atoms with Crippen molar-refractivity contribution >= 4 is 5.97 Å². The van der Waals surface area contributed by atoms with Crippen molar-refractivity contribution in [2.24, 2.45) is 0 Å². The van der Waals surface area contributed by atoms with Gasteiger partial charge in [-0.25, -0.2) is 4.79 Å². The minimum atomic E-state index is -0.666. The molecule has 0 fully saturated rings. The molecular formula is C7H9NO3. The third kappa shape index (κ3) is 4.12. The van der Waals surface area contributed by atoms with Gasteiger partial charge in [-0.2, -0.15) is 0 Å². The average Bonchev–Trinajstić information content (AvgIpc) is 2.00. The van der Waals surface area contributed by atoms with Gasteiger partial charge in [-0.15, -0.1) is 5.26 Å². The summed E-state index contributed by atoms with van der Waals surface area (Å²) in [5.41, 5.74) is 0.334. The molecule has 0 saturated heterocycles. The van der Waals surface area contributed by atoms with Crippen molar-refractivity contribution in [1.82, 2.24) is 0 Å². The van der Waals surface area contributed by atoms with Crippen LogP contribution >= 0.6 is 0 Å². The van der Waals surface area contributed by atoms with Gasteiger partial charge < -0.3 is 9.84 Å². The number of hydrogen-bond donors (Lipinski definition) is 1. The third-order valence-corrected chi connectivity index (χ3v) is 1.04. The second kappa shape index (κ2) is 5.45. The molecule has 0 unspecified atom stereocenters. The highest BCUT2D eigenvalue weighted by Crippen LogP contribution is 1.97. The maximum Gasteiger partial charge on any atom is 0.348 e. The number of nitrogens with zero attached hydrogens (tertiary/aromatic N) is 1. The summed E-state index contributed by atoms with van der Waals surface area (Å²) in [6, 6.07) is 0. The fraction of sp³-hybridized carbons (Fsp3) is 0.429. The topological polar surface area (TPSA) is 70.3 Å². The highest BCUT2D eigenvalue weighted by atomic mass is 16.5. The molecule has 0 rings (SSSR count). The minimum Gasteiger partial charge on any atom is -0.396 e. The van der Waals surface area contributed by atoms with Crippen molar-refractivity contribution in [3.63, 3.8) is 0 Å². The van der Waals surface area contributed by atoms with Crippen LogP contribution in [0, 0.1) is 11.5 Å². The number of carbonyl (C=O) groups is 1. The van der Waals surface area contributed by atoms with Crippen LogP contribution in [0.25, 0.3) is 0 Å². The van der Waals surface area contributed by atoms with Gasteiger partial charge in [-0.3, -0.25) is 0 Å². The van der Waals surface area contributed by atoms with E-state index in [0.717, 1.165) is 0 Å². The molecule has 1 N–H and O–H groups in total. The van der Waals surface area contributed by atoms with Crippen LogP contribution in [0.2, 0.25) is 0 Å². The van der Waals surface area contributed by atoms with Gasteiger partial charge >= 0.3 is 5.97 Å². The predicted octanol–water partition coefficient (Wildman–Crippen LogP) is 0.339. The normalized spacial score (nSPS) is 10.5. The lowest BCUT2D eigenvalue weighted by atomic mass is 10.2. The molecule has 0 heterocycles. The van der Waals surface area contributed by atoms with Crippen LogP contribution in [0.3, 0.4) is 0 Å². The summed E-state index contributed by atoms with van der Waals surface area (Å²) < 4.78 is 4.02. The summed E-state index contributed by atoms with van der Waals surface area (Å²) >= 11 is 0. The zero-order valence-electron chi connectivity index (χ0n) is 6.20. The summed E-state index contributed by atoms with van der Waals surface area (Å²) in [5.74, 6) is -0.666. The van der Waals surface area contributed by atoms with Crippen molar-refractivity contribution < 1.29 is 14.6 Å². The maximum atomic E-state index is 10.7. The van der Waals surface area contributed by atoms with Crippen molar-refractivity contribution in [3.05, 3.63) is 11.6 Å². The van der Waals surface area contributed by atoms with E-state index in [-0.39, 0.29) is 6.61 Å². The molecular weight excluding hydrogens is 146 g/mol. The molecule has 60 valence electrons. The van der Waals surface area contributed by atoms with Crippen LogP contribution in [0.4, 0.5) is 0 Å². The molecule has 4 heteroatoms. The number of ether oxygens (including phenoxy) is 1. The van der Waals surface area contributed by atoms with Crippen molar-refractivity contribution in [2.75, 3.05) is 6.61 Å². The van der Waals surface area contributed by atoms with Gasteiger partial charge in [0.15, 0.2) is 0 Å². The van der Waals surface area contributed by atoms with Crippen LogP contribution in [-0.2, 0) is 9.53 Å². The number of nitriles is 1. The maximum absolute atomic E-state index is 10.7. The van der Waals surface area contributed by atoms with Crippen molar-refractivity contribution in [1.29, 1.82) is 5.26 Å². The molecule has 11 heavy (non-hydrogen) atoms. The first-order valence-electron chi connectivity index (χ1n) is 3.10. The van der Waals surface area contributed by atoms with Gasteiger partial charge in [-0.1, -0.05) is 6.08 Å². The van der Waals surface area contributed by atoms with E-state index in [1.54, 1.807) is 0 Å². The van der Waals surface area contributed by atoms with Gasteiger partial charge in [0.25, 0.3) is 6.26 Å². The summed E-state index contributed by atoms with van der Waals surface area (Å²) in [4.78, 5) is 10.7. The second-order valence-corrected chi connectivity index (χ2v) is 1.88. The number of esters is 1. The first kappa shape index (κ1) is 9.66. The van der Waals surface area contributed by atoms with E-state index >= 15 is 0 Å². The van der Waals surface area contributed by atoms with Crippen molar-refractivity contribution in [3.8, 4) is 6.26 Å². The second-order valence-electron chi connectivity index (χ2n) is 1.88. The number of aliphatic hydroxyl groups excluding tert-OH is 1.